The summed E-state index contributed by atoms with van der Waals surface area (Å²) in [5, 5.41) is 17.3. The number of diazo groups is 1. The Balaban J connectivity index is 2.51. The van der Waals surface area contributed by atoms with E-state index in [1.165, 1.54) is 12.1 Å². The highest BCUT2D eigenvalue weighted by atomic mass is 79.9. The fourth-order valence-electron chi connectivity index (χ4n) is 1.30. The van der Waals surface area contributed by atoms with Crippen molar-refractivity contribution < 1.29 is 13.5 Å². The van der Waals surface area contributed by atoms with Crippen LogP contribution in [0.3, 0.4) is 0 Å². The molecule has 8 heteroatoms. The van der Waals surface area contributed by atoms with E-state index in [0.29, 0.717) is 6.42 Å². The highest BCUT2D eigenvalue weighted by molar-refractivity contribution is 9.10. The van der Waals surface area contributed by atoms with Crippen molar-refractivity contribution in [3.63, 3.8) is 0 Å². The summed E-state index contributed by atoms with van der Waals surface area (Å²) in [6.07, 6.45) is 1.53. The van der Waals surface area contributed by atoms with Gasteiger partial charge in [-0.15, -0.1) is 0 Å². The van der Waals surface area contributed by atoms with Crippen LogP contribution < -0.4 is 4.72 Å². The molecule has 0 saturated heterocycles. The Labute approximate surface area is 119 Å². The molecule has 102 valence electrons. The first-order valence-electron chi connectivity index (χ1n) is 5.43. The molecule has 0 aromatic heterocycles. The Morgan fingerprint density at radius 1 is 1.42 bits per heavy atom. The first-order valence-corrected chi connectivity index (χ1v) is 7.71. The third kappa shape index (κ3) is 5.38. The molecule has 0 amide bonds. The Morgan fingerprint density at radius 2 is 2.05 bits per heavy atom. The van der Waals surface area contributed by atoms with Gasteiger partial charge in [-0.1, -0.05) is 15.9 Å². The van der Waals surface area contributed by atoms with Gasteiger partial charge in [0.25, 0.3) is 0 Å². The molecule has 0 aliphatic heterocycles. The zero-order valence-electron chi connectivity index (χ0n) is 9.95. The van der Waals surface area contributed by atoms with Gasteiger partial charge in [-0.05, 0) is 30.7 Å². The van der Waals surface area contributed by atoms with Crippen LogP contribution in [0.25, 0.3) is 4.98 Å². The lowest BCUT2D eigenvalue weighted by Crippen LogP contribution is -2.24. The SMILES string of the molecule is N#[N+]C=C(O)CCCNS(=O)(=O)c1ccc(Br)cc1. The van der Waals surface area contributed by atoms with E-state index in [1.54, 1.807) is 12.1 Å². The summed E-state index contributed by atoms with van der Waals surface area (Å²) in [4.78, 5) is 2.85. The molecule has 0 saturated carbocycles. The molecule has 0 aliphatic carbocycles. The average Bonchev–Trinajstić information content (AvgIpc) is 2.36. The standard InChI is InChI=1S/C11H12BrN3O3S/c12-9-3-5-11(6-4-9)19(17,18)15-7-1-2-10(16)8-14-13/h3-6,8,15H,1-2,7H2/p+1. The van der Waals surface area contributed by atoms with Crippen LogP contribution >= 0.6 is 15.9 Å². The first-order chi connectivity index (χ1) is 8.95. The number of hydrogen-bond donors (Lipinski definition) is 2. The zero-order chi connectivity index (χ0) is 14.3. The molecular weight excluding hydrogens is 334 g/mol. The van der Waals surface area contributed by atoms with Crippen molar-refractivity contribution in [1.29, 1.82) is 5.39 Å². The minimum atomic E-state index is -3.53. The Bertz CT molecular complexity index is 591. The van der Waals surface area contributed by atoms with Crippen molar-refractivity contribution in [3.8, 4) is 0 Å². The van der Waals surface area contributed by atoms with Crippen LogP contribution in [0.1, 0.15) is 12.8 Å². The minimum absolute atomic E-state index is 0.106. The molecule has 6 nitrogen and oxygen atoms in total. The number of halogens is 1. The van der Waals surface area contributed by atoms with E-state index in [9.17, 15) is 8.42 Å². The monoisotopic (exact) mass is 346 g/mol. The normalized spacial score (nSPS) is 12.1. The lowest BCUT2D eigenvalue weighted by atomic mass is 10.3. The van der Waals surface area contributed by atoms with Gasteiger partial charge in [-0.2, -0.15) is 0 Å². The second-order valence-corrected chi connectivity index (χ2v) is 6.37. The number of nitrogens with zero attached hydrogens (tertiary/aromatic N) is 2. The fourth-order valence-corrected chi connectivity index (χ4v) is 2.64. The molecule has 0 heterocycles. The highest BCUT2D eigenvalue weighted by Crippen LogP contribution is 2.14. The Kier molecular flexibility index (Phi) is 5.95. The summed E-state index contributed by atoms with van der Waals surface area (Å²) in [6.45, 7) is 0.182. The summed E-state index contributed by atoms with van der Waals surface area (Å²) in [7, 11) is -3.53. The summed E-state index contributed by atoms with van der Waals surface area (Å²) in [5.74, 6) is -0.106. The van der Waals surface area contributed by atoms with Crippen molar-refractivity contribution in [1.82, 2.24) is 4.72 Å². The van der Waals surface area contributed by atoms with Gasteiger partial charge >= 0.3 is 6.20 Å². The summed E-state index contributed by atoms with van der Waals surface area (Å²) in [6, 6.07) is 6.28. The number of benzene rings is 1. The molecule has 0 aliphatic rings. The largest absolute Gasteiger partial charge is 0.505 e. The fraction of sp³-hybridized carbons (Fsp3) is 0.273. The van der Waals surface area contributed by atoms with Crippen molar-refractivity contribution in [3.05, 3.63) is 45.7 Å². The van der Waals surface area contributed by atoms with Gasteiger partial charge < -0.3 is 5.11 Å². The van der Waals surface area contributed by atoms with E-state index in [0.717, 1.165) is 10.7 Å². The topological polar surface area (TPSA) is 94.5 Å². The minimum Gasteiger partial charge on any atom is -0.505 e. The molecule has 0 unspecified atom stereocenters. The van der Waals surface area contributed by atoms with Crippen LogP contribution in [0.2, 0.25) is 0 Å². The number of sulfonamides is 1. The first kappa shape index (κ1) is 15.6. The third-order valence-electron chi connectivity index (χ3n) is 2.23. The van der Waals surface area contributed by atoms with Gasteiger partial charge in [0, 0.05) is 17.4 Å². The van der Waals surface area contributed by atoms with Gasteiger partial charge in [0.2, 0.25) is 15.4 Å². The molecule has 0 fully saturated rings. The molecule has 0 spiro atoms. The lowest BCUT2D eigenvalue weighted by molar-refractivity contribution is 0.383. The maximum atomic E-state index is 11.9. The van der Waals surface area contributed by atoms with E-state index < -0.39 is 10.0 Å². The van der Waals surface area contributed by atoms with Gasteiger partial charge in [-0.25, -0.2) is 13.1 Å². The Morgan fingerprint density at radius 3 is 2.63 bits per heavy atom. The predicted molar refractivity (Wildman–Crippen MR) is 74.4 cm³/mol. The third-order valence-corrected chi connectivity index (χ3v) is 4.24. The van der Waals surface area contributed by atoms with Crippen molar-refractivity contribution in [2.75, 3.05) is 6.54 Å². The molecule has 0 radical (unpaired) electrons. The zero-order valence-corrected chi connectivity index (χ0v) is 12.4. The lowest BCUT2D eigenvalue weighted by Gasteiger charge is -2.06. The maximum Gasteiger partial charge on any atom is 0.387 e. The van der Waals surface area contributed by atoms with Crippen LogP contribution in [0.5, 0.6) is 0 Å². The molecule has 1 aromatic rings. The molecular formula is C11H13BrN3O3S+. The number of hydrogen-bond acceptors (Lipinski definition) is 4. The molecule has 1 rings (SSSR count). The average molecular weight is 347 g/mol. The van der Waals surface area contributed by atoms with E-state index in [-0.39, 0.29) is 23.6 Å². The summed E-state index contributed by atoms with van der Waals surface area (Å²) < 4.78 is 26.9. The van der Waals surface area contributed by atoms with E-state index in [2.05, 4.69) is 25.6 Å². The van der Waals surface area contributed by atoms with E-state index >= 15 is 0 Å². The number of allylic oxidation sites excluding steroid dienone is 1. The number of rotatable bonds is 6. The van der Waals surface area contributed by atoms with Crippen molar-refractivity contribution >= 4 is 26.0 Å². The van der Waals surface area contributed by atoms with Crippen molar-refractivity contribution in [2.24, 2.45) is 0 Å². The number of nitrogens with one attached hydrogen (secondary N) is 1. The highest BCUT2D eigenvalue weighted by Gasteiger charge is 2.12. The van der Waals surface area contributed by atoms with E-state index in [1.807, 2.05) is 0 Å². The quantitative estimate of drug-likeness (QED) is 0.470. The van der Waals surface area contributed by atoms with Crippen LogP contribution in [-0.4, -0.2) is 20.1 Å². The molecule has 2 N–H and O–H groups in total. The molecule has 0 bridgehead atoms. The summed E-state index contributed by atoms with van der Waals surface area (Å²) >= 11 is 3.23. The van der Waals surface area contributed by atoms with Gasteiger partial charge in [0.1, 0.15) is 0 Å². The second kappa shape index (κ2) is 7.23. The van der Waals surface area contributed by atoms with Gasteiger partial charge in [0.15, 0.2) is 10.7 Å². The summed E-state index contributed by atoms with van der Waals surface area (Å²) in [5.41, 5.74) is 0. The van der Waals surface area contributed by atoms with Crippen molar-refractivity contribution in [2.45, 2.75) is 17.7 Å². The van der Waals surface area contributed by atoms with Crippen LogP contribution in [0, 0.1) is 5.39 Å². The van der Waals surface area contributed by atoms with E-state index in [4.69, 9.17) is 10.5 Å². The van der Waals surface area contributed by atoms with Crippen LogP contribution in [-0.2, 0) is 10.0 Å². The maximum absolute atomic E-state index is 11.9. The molecule has 1 aromatic carbocycles. The second-order valence-electron chi connectivity index (χ2n) is 3.69. The predicted octanol–water partition coefficient (Wildman–Crippen LogP) is 2.76. The number of aliphatic hydroxyl groups excluding tert-OH is 1. The van der Waals surface area contributed by atoms with Gasteiger partial charge in [-0.3, -0.25) is 0 Å². The van der Waals surface area contributed by atoms with Crippen LogP contribution in [0.4, 0.5) is 0 Å². The molecule has 0 atom stereocenters. The Hall–Kier alpha value is -1.43. The number of aliphatic hydroxyl groups is 1. The smallest absolute Gasteiger partial charge is 0.387 e. The van der Waals surface area contributed by atoms with Gasteiger partial charge in [0.05, 0.1) is 4.90 Å². The van der Waals surface area contributed by atoms with Crippen LogP contribution in [0.15, 0.2) is 45.6 Å². The molecule has 19 heavy (non-hydrogen) atoms.